The third-order valence-corrected chi connectivity index (χ3v) is 3.57. The Morgan fingerprint density at radius 3 is 2.37 bits per heavy atom. The van der Waals surface area contributed by atoms with Crippen molar-refractivity contribution in [2.75, 3.05) is 19.7 Å². The van der Waals surface area contributed by atoms with Gasteiger partial charge in [-0.25, -0.2) is 0 Å². The zero-order chi connectivity index (χ0) is 14.3. The van der Waals surface area contributed by atoms with Crippen molar-refractivity contribution in [3.8, 4) is 0 Å². The summed E-state index contributed by atoms with van der Waals surface area (Å²) in [7, 11) is 0. The molecule has 0 aliphatic rings. The number of aliphatic hydroxyl groups is 1. The molecule has 1 unspecified atom stereocenters. The lowest BCUT2D eigenvalue weighted by atomic mass is 9.92. The van der Waals surface area contributed by atoms with Crippen molar-refractivity contribution in [3.05, 3.63) is 35.4 Å². The lowest BCUT2D eigenvalue weighted by Gasteiger charge is -2.23. The number of hydrogen-bond donors (Lipinski definition) is 1. The van der Waals surface area contributed by atoms with Gasteiger partial charge in [-0.15, -0.1) is 0 Å². The monoisotopic (exact) mass is 263 g/mol. The Balaban J connectivity index is 2.70. The third-order valence-electron chi connectivity index (χ3n) is 3.57. The Labute approximate surface area is 116 Å². The topological polar surface area (TPSA) is 40.5 Å². The largest absolute Gasteiger partial charge is 0.395 e. The number of likely N-dealkylation sites (N-methyl/N-ethyl adjacent to an activating group) is 1. The molecule has 1 aromatic rings. The fraction of sp³-hybridized carbons (Fsp3) is 0.562. The zero-order valence-corrected chi connectivity index (χ0v) is 12.2. The molecule has 106 valence electrons. The second kappa shape index (κ2) is 7.95. The number of amides is 1. The number of nitrogens with zero attached hydrogens (tertiary/aromatic N) is 1. The van der Waals surface area contributed by atoms with E-state index in [9.17, 15) is 4.79 Å². The van der Waals surface area contributed by atoms with Crippen LogP contribution in [-0.4, -0.2) is 35.6 Å². The van der Waals surface area contributed by atoms with Crippen LogP contribution in [0.4, 0.5) is 0 Å². The number of aryl methyl sites for hydroxylation is 1. The summed E-state index contributed by atoms with van der Waals surface area (Å²) in [5, 5.41) is 8.96. The van der Waals surface area contributed by atoms with Gasteiger partial charge in [-0.2, -0.15) is 0 Å². The van der Waals surface area contributed by atoms with Crippen LogP contribution < -0.4 is 0 Å². The average molecular weight is 263 g/mol. The highest BCUT2D eigenvalue weighted by molar-refractivity contribution is 5.77. The number of benzene rings is 1. The van der Waals surface area contributed by atoms with Gasteiger partial charge in [-0.1, -0.05) is 36.8 Å². The number of rotatable bonds is 7. The summed E-state index contributed by atoms with van der Waals surface area (Å²) < 4.78 is 0. The quantitative estimate of drug-likeness (QED) is 0.821. The molecule has 1 amide bonds. The van der Waals surface area contributed by atoms with Crippen molar-refractivity contribution in [2.45, 2.75) is 39.5 Å². The Bertz CT molecular complexity index is 386. The predicted molar refractivity (Wildman–Crippen MR) is 78.2 cm³/mol. The van der Waals surface area contributed by atoms with Crippen LogP contribution >= 0.6 is 0 Å². The number of hydrogen-bond acceptors (Lipinski definition) is 2. The standard InChI is InChI=1S/C16H25NO2/c1-4-14(15-8-6-13(3)7-9-15)12-16(19)17(5-2)10-11-18/h6-9,14,18H,4-5,10-12H2,1-3H3. The lowest BCUT2D eigenvalue weighted by molar-refractivity contribution is -0.131. The molecule has 0 saturated heterocycles. The van der Waals surface area contributed by atoms with E-state index in [2.05, 4.69) is 38.1 Å². The van der Waals surface area contributed by atoms with E-state index in [0.717, 1.165) is 6.42 Å². The van der Waals surface area contributed by atoms with Gasteiger partial charge in [0.1, 0.15) is 0 Å². The van der Waals surface area contributed by atoms with Crippen molar-refractivity contribution < 1.29 is 9.90 Å². The minimum absolute atomic E-state index is 0.0287. The van der Waals surface area contributed by atoms with Crippen LogP contribution in [-0.2, 0) is 4.79 Å². The molecule has 1 aromatic carbocycles. The van der Waals surface area contributed by atoms with Gasteiger partial charge in [-0.05, 0) is 31.7 Å². The predicted octanol–water partition coefficient (Wildman–Crippen LogP) is 2.72. The van der Waals surface area contributed by atoms with Crippen LogP contribution in [0.5, 0.6) is 0 Å². The van der Waals surface area contributed by atoms with Crippen LogP contribution in [0.2, 0.25) is 0 Å². The first-order valence-electron chi connectivity index (χ1n) is 7.07. The third kappa shape index (κ3) is 4.67. The smallest absolute Gasteiger partial charge is 0.223 e. The molecule has 0 heterocycles. The Morgan fingerprint density at radius 2 is 1.89 bits per heavy atom. The van der Waals surface area contributed by atoms with Crippen LogP contribution in [0.25, 0.3) is 0 Å². The van der Waals surface area contributed by atoms with E-state index in [1.807, 2.05) is 6.92 Å². The first-order valence-corrected chi connectivity index (χ1v) is 7.07. The molecule has 0 aliphatic carbocycles. The highest BCUT2D eigenvalue weighted by Gasteiger charge is 2.18. The molecule has 0 radical (unpaired) electrons. The van der Waals surface area contributed by atoms with Gasteiger partial charge in [0.15, 0.2) is 0 Å². The first kappa shape index (κ1) is 15.7. The molecule has 3 nitrogen and oxygen atoms in total. The summed E-state index contributed by atoms with van der Waals surface area (Å²) in [6.45, 7) is 7.24. The van der Waals surface area contributed by atoms with E-state index in [1.165, 1.54) is 11.1 Å². The van der Waals surface area contributed by atoms with Gasteiger partial charge in [0.2, 0.25) is 5.91 Å². The molecular formula is C16H25NO2. The normalized spacial score (nSPS) is 12.2. The number of carbonyl (C=O) groups is 1. The maximum absolute atomic E-state index is 12.2. The van der Waals surface area contributed by atoms with Crippen molar-refractivity contribution in [1.29, 1.82) is 0 Å². The fourth-order valence-electron chi connectivity index (χ4n) is 2.26. The highest BCUT2D eigenvalue weighted by Crippen LogP contribution is 2.24. The highest BCUT2D eigenvalue weighted by atomic mass is 16.3. The average Bonchev–Trinajstić information content (AvgIpc) is 2.43. The molecular weight excluding hydrogens is 238 g/mol. The second-order valence-corrected chi connectivity index (χ2v) is 4.92. The number of aliphatic hydroxyl groups excluding tert-OH is 1. The minimum Gasteiger partial charge on any atom is -0.395 e. The molecule has 0 saturated carbocycles. The van der Waals surface area contributed by atoms with Gasteiger partial charge in [0, 0.05) is 19.5 Å². The van der Waals surface area contributed by atoms with Crippen molar-refractivity contribution in [1.82, 2.24) is 4.90 Å². The molecule has 0 spiro atoms. The Hall–Kier alpha value is -1.35. The summed E-state index contributed by atoms with van der Waals surface area (Å²) in [6, 6.07) is 8.40. The molecule has 0 aliphatic heterocycles. The molecule has 3 heteroatoms. The molecule has 0 aromatic heterocycles. The van der Waals surface area contributed by atoms with Gasteiger partial charge in [0.25, 0.3) is 0 Å². The van der Waals surface area contributed by atoms with Crippen LogP contribution in [0.1, 0.15) is 43.7 Å². The molecule has 19 heavy (non-hydrogen) atoms. The maximum Gasteiger partial charge on any atom is 0.223 e. The fourth-order valence-corrected chi connectivity index (χ4v) is 2.26. The molecule has 0 bridgehead atoms. The second-order valence-electron chi connectivity index (χ2n) is 4.92. The molecule has 1 atom stereocenters. The molecule has 0 fully saturated rings. The van der Waals surface area contributed by atoms with Gasteiger partial charge < -0.3 is 10.0 Å². The first-order chi connectivity index (χ1) is 9.12. The van der Waals surface area contributed by atoms with Gasteiger partial charge in [0.05, 0.1) is 6.61 Å². The SMILES string of the molecule is CCC(CC(=O)N(CC)CCO)c1ccc(C)cc1. The lowest BCUT2D eigenvalue weighted by Crippen LogP contribution is -2.34. The van der Waals surface area contributed by atoms with E-state index in [-0.39, 0.29) is 18.4 Å². The van der Waals surface area contributed by atoms with Crippen molar-refractivity contribution in [3.63, 3.8) is 0 Å². The Kier molecular flexibility index (Phi) is 6.57. The van der Waals surface area contributed by atoms with E-state index < -0.39 is 0 Å². The minimum atomic E-state index is 0.0287. The molecule has 1 rings (SSSR count). The maximum atomic E-state index is 12.2. The van der Waals surface area contributed by atoms with E-state index in [1.54, 1.807) is 4.90 Å². The van der Waals surface area contributed by atoms with E-state index in [4.69, 9.17) is 5.11 Å². The van der Waals surface area contributed by atoms with Crippen molar-refractivity contribution in [2.24, 2.45) is 0 Å². The van der Waals surface area contributed by atoms with E-state index in [0.29, 0.717) is 19.5 Å². The summed E-state index contributed by atoms with van der Waals surface area (Å²) in [5.74, 6) is 0.393. The molecule has 1 N–H and O–H groups in total. The van der Waals surface area contributed by atoms with Crippen LogP contribution in [0.3, 0.4) is 0 Å². The van der Waals surface area contributed by atoms with Gasteiger partial charge >= 0.3 is 0 Å². The zero-order valence-electron chi connectivity index (χ0n) is 12.2. The summed E-state index contributed by atoms with van der Waals surface area (Å²) in [5.41, 5.74) is 2.46. The number of carbonyl (C=O) groups excluding carboxylic acids is 1. The summed E-state index contributed by atoms with van der Waals surface area (Å²) in [6.07, 6.45) is 1.47. The Morgan fingerprint density at radius 1 is 1.26 bits per heavy atom. The van der Waals surface area contributed by atoms with Crippen molar-refractivity contribution >= 4 is 5.91 Å². The van der Waals surface area contributed by atoms with E-state index >= 15 is 0 Å². The van der Waals surface area contributed by atoms with Gasteiger partial charge in [-0.3, -0.25) is 4.79 Å². The van der Waals surface area contributed by atoms with Crippen LogP contribution in [0, 0.1) is 6.92 Å². The summed E-state index contributed by atoms with van der Waals surface area (Å²) >= 11 is 0. The summed E-state index contributed by atoms with van der Waals surface area (Å²) in [4.78, 5) is 13.9. The van der Waals surface area contributed by atoms with Crippen LogP contribution in [0.15, 0.2) is 24.3 Å².